The summed E-state index contributed by atoms with van der Waals surface area (Å²) in [4.78, 5) is 10.9. The summed E-state index contributed by atoms with van der Waals surface area (Å²) in [5.74, 6) is 1.81. The number of likely N-dealkylation sites (tertiary alicyclic amines) is 1. The average molecular weight is 359 g/mol. The van der Waals surface area contributed by atoms with Gasteiger partial charge < -0.3 is 4.52 Å². The summed E-state index contributed by atoms with van der Waals surface area (Å²) < 4.78 is 7.33. The largest absolute Gasteiger partial charge is 0.338 e. The molecular weight excluding hydrogens is 340 g/mol. The van der Waals surface area contributed by atoms with E-state index in [-0.39, 0.29) is 0 Å². The number of rotatable bonds is 5. The highest BCUT2D eigenvalue weighted by atomic mass is 35.5. The normalized spacial score (nSPS) is 18.5. The third-order valence-electron chi connectivity index (χ3n) is 4.44. The molecule has 1 atom stereocenters. The third-order valence-corrected chi connectivity index (χ3v) is 4.70. The minimum atomic E-state index is 0.564. The Labute approximate surface area is 150 Å². The predicted octanol–water partition coefficient (Wildman–Crippen LogP) is 2.89. The Bertz CT molecular complexity index is 801. The molecule has 0 unspecified atom stereocenters. The van der Waals surface area contributed by atoms with Gasteiger partial charge >= 0.3 is 0 Å². The summed E-state index contributed by atoms with van der Waals surface area (Å²) >= 11 is 5.92. The highest BCUT2D eigenvalue weighted by Gasteiger charge is 2.22. The van der Waals surface area contributed by atoms with Crippen molar-refractivity contribution in [2.24, 2.45) is 5.92 Å². The third kappa shape index (κ3) is 4.05. The predicted molar refractivity (Wildman–Crippen MR) is 92.8 cm³/mol. The molecule has 1 aliphatic heterocycles. The molecule has 3 heterocycles. The van der Waals surface area contributed by atoms with E-state index in [0.29, 0.717) is 29.2 Å². The maximum absolute atomic E-state index is 5.92. The molecule has 0 bridgehead atoms. The first-order valence-electron chi connectivity index (χ1n) is 8.39. The van der Waals surface area contributed by atoms with Crippen molar-refractivity contribution in [3.63, 3.8) is 0 Å². The molecule has 8 heteroatoms. The second kappa shape index (κ2) is 7.33. The number of hydrogen-bond donors (Lipinski definition) is 0. The van der Waals surface area contributed by atoms with Gasteiger partial charge in [0.25, 0.3) is 0 Å². The first-order chi connectivity index (χ1) is 12.3. The quantitative estimate of drug-likeness (QED) is 0.698. The highest BCUT2D eigenvalue weighted by Crippen LogP contribution is 2.22. The fraction of sp³-hybridized carbons (Fsp3) is 0.412. The van der Waals surface area contributed by atoms with Crippen molar-refractivity contribution in [2.75, 3.05) is 13.1 Å². The summed E-state index contributed by atoms with van der Waals surface area (Å²) in [6.45, 7) is 3.62. The zero-order chi connectivity index (χ0) is 17.1. The Hall–Kier alpha value is -2.25. The van der Waals surface area contributed by atoms with Crippen molar-refractivity contribution >= 4 is 11.6 Å². The number of benzene rings is 1. The zero-order valence-electron chi connectivity index (χ0n) is 13.8. The van der Waals surface area contributed by atoms with E-state index in [4.69, 9.17) is 16.1 Å². The van der Waals surface area contributed by atoms with Crippen molar-refractivity contribution in [3.05, 3.63) is 47.8 Å². The lowest BCUT2D eigenvalue weighted by Crippen LogP contribution is -2.36. The molecule has 3 aromatic rings. The second-order valence-corrected chi connectivity index (χ2v) is 6.82. The average Bonchev–Trinajstić information content (AvgIpc) is 3.28. The van der Waals surface area contributed by atoms with Crippen LogP contribution >= 0.6 is 11.6 Å². The van der Waals surface area contributed by atoms with Gasteiger partial charge in [-0.1, -0.05) is 16.8 Å². The molecule has 7 nitrogen and oxygen atoms in total. The lowest BCUT2D eigenvalue weighted by atomic mass is 9.98. The van der Waals surface area contributed by atoms with Gasteiger partial charge in [0.2, 0.25) is 11.7 Å². The number of halogens is 1. The van der Waals surface area contributed by atoms with Crippen LogP contribution in [-0.4, -0.2) is 42.9 Å². The van der Waals surface area contributed by atoms with Gasteiger partial charge in [-0.3, -0.25) is 9.58 Å². The summed E-state index contributed by atoms with van der Waals surface area (Å²) in [6, 6.07) is 7.44. The molecular formula is C17H19ClN6O. The van der Waals surface area contributed by atoms with Gasteiger partial charge in [-0.15, -0.1) is 0 Å². The van der Waals surface area contributed by atoms with Crippen molar-refractivity contribution in [1.29, 1.82) is 0 Å². The summed E-state index contributed by atoms with van der Waals surface area (Å²) in [6.07, 6.45) is 5.72. The van der Waals surface area contributed by atoms with E-state index >= 15 is 0 Å². The van der Waals surface area contributed by atoms with Crippen LogP contribution in [0, 0.1) is 5.92 Å². The summed E-state index contributed by atoms with van der Waals surface area (Å²) in [5.41, 5.74) is 0.905. The van der Waals surface area contributed by atoms with Gasteiger partial charge in [-0.2, -0.15) is 10.1 Å². The van der Waals surface area contributed by atoms with Crippen LogP contribution in [-0.2, 0) is 13.1 Å². The van der Waals surface area contributed by atoms with E-state index in [1.54, 1.807) is 12.7 Å². The number of aromatic nitrogens is 5. The fourth-order valence-electron chi connectivity index (χ4n) is 3.26. The molecule has 0 saturated carbocycles. The van der Waals surface area contributed by atoms with E-state index in [2.05, 4.69) is 25.1 Å². The molecule has 1 saturated heterocycles. The smallest absolute Gasteiger partial charge is 0.241 e. The second-order valence-electron chi connectivity index (χ2n) is 6.38. The highest BCUT2D eigenvalue weighted by molar-refractivity contribution is 6.30. The van der Waals surface area contributed by atoms with Crippen molar-refractivity contribution in [2.45, 2.75) is 25.9 Å². The van der Waals surface area contributed by atoms with Crippen LogP contribution in [0.3, 0.4) is 0 Å². The molecule has 1 aliphatic rings. The molecule has 130 valence electrons. The van der Waals surface area contributed by atoms with Crippen molar-refractivity contribution in [1.82, 2.24) is 29.8 Å². The van der Waals surface area contributed by atoms with Crippen LogP contribution in [0.2, 0.25) is 5.02 Å². The summed E-state index contributed by atoms with van der Waals surface area (Å²) in [5, 5.41) is 8.98. The Morgan fingerprint density at radius 1 is 1.24 bits per heavy atom. The van der Waals surface area contributed by atoms with Crippen LogP contribution in [0.1, 0.15) is 18.7 Å². The Kier molecular flexibility index (Phi) is 4.76. The van der Waals surface area contributed by atoms with Gasteiger partial charge in [0, 0.05) is 23.7 Å². The number of piperidine rings is 1. The Morgan fingerprint density at radius 2 is 2.12 bits per heavy atom. The van der Waals surface area contributed by atoms with Gasteiger partial charge in [0.05, 0.1) is 6.54 Å². The fourth-order valence-corrected chi connectivity index (χ4v) is 3.39. The Morgan fingerprint density at radius 3 is 2.92 bits per heavy atom. The van der Waals surface area contributed by atoms with Crippen LogP contribution in [0.25, 0.3) is 11.4 Å². The molecule has 4 rings (SSSR count). The molecule has 0 aliphatic carbocycles. The molecule has 0 radical (unpaired) electrons. The van der Waals surface area contributed by atoms with Gasteiger partial charge in [0.15, 0.2) is 0 Å². The van der Waals surface area contributed by atoms with Crippen LogP contribution in [0.5, 0.6) is 0 Å². The van der Waals surface area contributed by atoms with E-state index in [1.165, 1.54) is 6.42 Å². The first-order valence-corrected chi connectivity index (χ1v) is 8.77. The zero-order valence-corrected chi connectivity index (χ0v) is 14.5. The van der Waals surface area contributed by atoms with Crippen molar-refractivity contribution < 1.29 is 4.52 Å². The maximum Gasteiger partial charge on any atom is 0.241 e. The molecule has 1 fully saturated rings. The first kappa shape index (κ1) is 16.2. The monoisotopic (exact) mass is 358 g/mol. The number of nitrogens with zero attached hydrogens (tertiary/aromatic N) is 6. The van der Waals surface area contributed by atoms with E-state index in [0.717, 1.165) is 31.6 Å². The molecule has 1 aromatic carbocycles. The van der Waals surface area contributed by atoms with E-state index in [1.807, 2.05) is 28.9 Å². The molecule has 0 amide bonds. The van der Waals surface area contributed by atoms with Gasteiger partial charge in [0.1, 0.15) is 12.7 Å². The SMILES string of the molecule is Clc1ccc(-c2noc(CN3CCC[C@H](Cn4cncn4)C3)n2)cc1. The molecule has 0 N–H and O–H groups in total. The molecule has 2 aromatic heterocycles. The standard InChI is InChI=1S/C17H19ClN6O/c18-15-5-3-14(4-6-15)17-21-16(25-22-17)10-23-7-1-2-13(8-23)9-24-12-19-11-20-24/h3-6,11-13H,1-2,7-10H2/t13-/m0/s1. The molecule has 0 spiro atoms. The van der Waals surface area contributed by atoms with Crippen LogP contribution in [0.15, 0.2) is 41.4 Å². The van der Waals surface area contributed by atoms with Crippen molar-refractivity contribution in [3.8, 4) is 11.4 Å². The minimum Gasteiger partial charge on any atom is -0.338 e. The minimum absolute atomic E-state index is 0.564. The van der Waals surface area contributed by atoms with Gasteiger partial charge in [-0.05, 0) is 49.6 Å². The number of hydrogen-bond acceptors (Lipinski definition) is 6. The topological polar surface area (TPSA) is 72.9 Å². The Balaban J connectivity index is 1.37. The lowest BCUT2D eigenvalue weighted by Gasteiger charge is -2.31. The van der Waals surface area contributed by atoms with E-state index < -0.39 is 0 Å². The molecule has 25 heavy (non-hydrogen) atoms. The summed E-state index contributed by atoms with van der Waals surface area (Å²) in [7, 11) is 0. The van der Waals surface area contributed by atoms with Crippen LogP contribution < -0.4 is 0 Å². The van der Waals surface area contributed by atoms with Crippen LogP contribution in [0.4, 0.5) is 0 Å². The maximum atomic E-state index is 5.92. The van der Waals surface area contributed by atoms with Gasteiger partial charge in [-0.25, -0.2) is 4.98 Å². The van der Waals surface area contributed by atoms with E-state index in [9.17, 15) is 0 Å². The lowest BCUT2D eigenvalue weighted by molar-refractivity contribution is 0.138.